The molecule has 170 valence electrons. The summed E-state index contributed by atoms with van der Waals surface area (Å²) in [6.45, 7) is 3.25. The van der Waals surface area contributed by atoms with Gasteiger partial charge in [0.2, 0.25) is 0 Å². The number of fused-ring (bicyclic) bond motifs is 1. The molecule has 10 heteroatoms. The van der Waals surface area contributed by atoms with Gasteiger partial charge in [-0.25, -0.2) is 22.2 Å². The smallest absolute Gasteiger partial charge is 0.260 e. The van der Waals surface area contributed by atoms with E-state index >= 15 is 0 Å². The Labute approximate surface area is 193 Å². The van der Waals surface area contributed by atoms with Crippen molar-refractivity contribution in [2.24, 2.45) is 0 Å². The summed E-state index contributed by atoms with van der Waals surface area (Å²) in [6, 6.07) is 11.0. The molecule has 0 unspecified atom stereocenters. The molecule has 0 aliphatic carbocycles. The average molecular weight is 488 g/mol. The molecule has 4 aromatic rings. The third-order valence-corrected chi connectivity index (χ3v) is 8.19. The molecule has 2 heterocycles. The second kappa shape index (κ2) is 8.95. The van der Waals surface area contributed by atoms with Crippen LogP contribution in [0, 0.1) is 11.6 Å². The first-order valence-electron chi connectivity index (χ1n) is 9.97. The van der Waals surface area contributed by atoms with Crippen LogP contribution >= 0.6 is 11.3 Å². The number of amides is 1. The lowest BCUT2D eigenvalue weighted by molar-refractivity contribution is 0.0985. The van der Waals surface area contributed by atoms with Crippen molar-refractivity contribution < 1.29 is 22.0 Å². The second-order valence-corrected chi connectivity index (χ2v) is 11.1. The van der Waals surface area contributed by atoms with E-state index in [-0.39, 0.29) is 32.4 Å². The molecule has 6 nitrogen and oxygen atoms in total. The van der Waals surface area contributed by atoms with Crippen molar-refractivity contribution in [2.45, 2.75) is 30.5 Å². The molecular formula is C23H19F2N3O3S2. The van der Waals surface area contributed by atoms with Crippen LogP contribution in [0.15, 0.2) is 65.8 Å². The molecule has 2 aromatic carbocycles. The maximum absolute atomic E-state index is 14.2. The summed E-state index contributed by atoms with van der Waals surface area (Å²) >= 11 is 0.985. The Bertz CT molecular complexity index is 1420. The van der Waals surface area contributed by atoms with Gasteiger partial charge in [-0.3, -0.25) is 14.7 Å². The summed E-state index contributed by atoms with van der Waals surface area (Å²) in [4.78, 5) is 23.2. The number of hydrogen-bond donors (Lipinski definition) is 0. The minimum Gasteiger partial charge on any atom is -0.279 e. The fourth-order valence-corrected chi connectivity index (χ4v) is 5.24. The maximum Gasteiger partial charge on any atom is 0.260 e. The van der Waals surface area contributed by atoms with Crippen LogP contribution in [0.5, 0.6) is 0 Å². The van der Waals surface area contributed by atoms with Crippen LogP contribution in [0.4, 0.5) is 13.9 Å². The van der Waals surface area contributed by atoms with Crippen LogP contribution in [-0.4, -0.2) is 29.5 Å². The van der Waals surface area contributed by atoms with Crippen molar-refractivity contribution in [3.8, 4) is 0 Å². The van der Waals surface area contributed by atoms with E-state index in [1.165, 1.54) is 29.2 Å². The summed E-state index contributed by atoms with van der Waals surface area (Å²) in [5.41, 5.74) is 0.905. The highest BCUT2D eigenvalue weighted by Crippen LogP contribution is 2.33. The Balaban J connectivity index is 1.75. The number of rotatable bonds is 6. The molecule has 33 heavy (non-hydrogen) atoms. The van der Waals surface area contributed by atoms with Crippen molar-refractivity contribution in [1.82, 2.24) is 9.97 Å². The van der Waals surface area contributed by atoms with Gasteiger partial charge in [0.1, 0.15) is 11.3 Å². The molecule has 0 bridgehead atoms. The predicted molar refractivity (Wildman–Crippen MR) is 123 cm³/mol. The molecule has 1 amide bonds. The van der Waals surface area contributed by atoms with E-state index in [1.807, 2.05) is 0 Å². The fourth-order valence-electron chi connectivity index (χ4n) is 3.18. The number of hydrogen-bond acceptors (Lipinski definition) is 6. The van der Waals surface area contributed by atoms with Gasteiger partial charge in [-0.2, -0.15) is 0 Å². The molecule has 2 aromatic heterocycles. The number of carbonyl (C=O) groups is 1. The number of anilines is 1. The zero-order valence-electron chi connectivity index (χ0n) is 17.7. The number of sulfone groups is 1. The van der Waals surface area contributed by atoms with Crippen LogP contribution in [0.1, 0.15) is 29.8 Å². The normalized spacial score (nSPS) is 11.8. The van der Waals surface area contributed by atoms with Crippen molar-refractivity contribution in [3.63, 3.8) is 0 Å². The number of thiazole rings is 1. The van der Waals surface area contributed by atoms with Gasteiger partial charge in [0, 0.05) is 24.0 Å². The molecule has 0 saturated heterocycles. The lowest BCUT2D eigenvalue weighted by atomic mass is 10.2. The van der Waals surface area contributed by atoms with Gasteiger partial charge in [-0.15, -0.1) is 0 Å². The maximum atomic E-state index is 14.2. The molecule has 0 fully saturated rings. The van der Waals surface area contributed by atoms with E-state index in [0.29, 0.717) is 5.56 Å². The summed E-state index contributed by atoms with van der Waals surface area (Å²) < 4.78 is 53.0. The number of nitrogens with zero attached hydrogens (tertiary/aromatic N) is 3. The second-order valence-electron chi connectivity index (χ2n) is 7.60. The van der Waals surface area contributed by atoms with Crippen LogP contribution in [-0.2, 0) is 16.4 Å². The number of benzene rings is 2. The van der Waals surface area contributed by atoms with Crippen molar-refractivity contribution in [3.05, 3.63) is 83.7 Å². The first-order chi connectivity index (χ1) is 15.7. The number of halogens is 2. The summed E-state index contributed by atoms with van der Waals surface area (Å²) in [7, 11) is -3.49. The molecule has 0 aliphatic rings. The molecule has 0 saturated carbocycles. The minimum absolute atomic E-state index is 0.0289. The van der Waals surface area contributed by atoms with Gasteiger partial charge in [0.15, 0.2) is 20.8 Å². The number of carbonyl (C=O) groups excluding carboxylic acids is 1. The Hall–Kier alpha value is -3.24. The Morgan fingerprint density at radius 3 is 2.48 bits per heavy atom. The predicted octanol–water partition coefficient (Wildman–Crippen LogP) is 5.00. The third-order valence-electron chi connectivity index (χ3n) is 4.99. The molecule has 4 rings (SSSR count). The topological polar surface area (TPSA) is 80.2 Å². The monoisotopic (exact) mass is 487 g/mol. The third kappa shape index (κ3) is 4.62. The minimum atomic E-state index is -3.49. The van der Waals surface area contributed by atoms with Crippen molar-refractivity contribution >= 4 is 42.4 Å². The van der Waals surface area contributed by atoms with Gasteiger partial charge < -0.3 is 0 Å². The molecular weight excluding hydrogens is 468 g/mol. The van der Waals surface area contributed by atoms with Crippen LogP contribution in [0.25, 0.3) is 10.2 Å². The summed E-state index contributed by atoms with van der Waals surface area (Å²) in [6.07, 6.45) is 3.19. The molecule has 0 aliphatic heterocycles. The quantitative estimate of drug-likeness (QED) is 0.382. The van der Waals surface area contributed by atoms with Crippen molar-refractivity contribution in [1.29, 1.82) is 0 Å². The number of pyridine rings is 1. The highest BCUT2D eigenvalue weighted by Gasteiger charge is 2.25. The average Bonchev–Trinajstić information content (AvgIpc) is 3.22. The van der Waals surface area contributed by atoms with Gasteiger partial charge >= 0.3 is 0 Å². The fraction of sp³-hybridized carbons (Fsp3) is 0.174. The lowest BCUT2D eigenvalue weighted by Crippen LogP contribution is -2.30. The van der Waals surface area contributed by atoms with Gasteiger partial charge in [-0.1, -0.05) is 17.4 Å². The van der Waals surface area contributed by atoms with E-state index in [1.54, 1.807) is 38.4 Å². The summed E-state index contributed by atoms with van der Waals surface area (Å²) in [5.74, 6) is -2.01. The van der Waals surface area contributed by atoms with E-state index in [9.17, 15) is 22.0 Å². The van der Waals surface area contributed by atoms with E-state index in [4.69, 9.17) is 0 Å². The zero-order valence-corrected chi connectivity index (χ0v) is 19.3. The van der Waals surface area contributed by atoms with Gasteiger partial charge in [-0.05, 0) is 55.8 Å². The zero-order chi connectivity index (χ0) is 23.8. The van der Waals surface area contributed by atoms with E-state index < -0.39 is 32.6 Å². The van der Waals surface area contributed by atoms with Gasteiger partial charge in [0.25, 0.3) is 5.91 Å². The standard InChI is InChI=1S/C23H19F2N3O3S2/c1-14(2)33(30,31)18-7-5-16(6-8-18)22(29)28(13-15-4-3-9-26-12-15)23-27-21-19(25)10-17(24)11-20(21)32-23/h3-12,14H,13H2,1-2H3. The van der Waals surface area contributed by atoms with Crippen molar-refractivity contribution in [2.75, 3.05) is 4.90 Å². The highest BCUT2D eigenvalue weighted by atomic mass is 32.2. The van der Waals surface area contributed by atoms with Crippen LogP contribution in [0.3, 0.4) is 0 Å². The van der Waals surface area contributed by atoms with Gasteiger partial charge in [0.05, 0.1) is 21.4 Å². The Morgan fingerprint density at radius 1 is 1.12 bits per heavy atom. The Kier molecular flexibility index (Phi) is 6.22. The molecule has 0 atom stereocenters. The van der Waals surface area contributed by atoms with E-state index in [2.05, 4.69) is 9.97 Å². The SMILES string of the molecule is CC(C)S(=O)(=O)c1ccc(C(=O)N(Cc2cccnc2)c2nc3c(F)cc(F)cc3s2)cc1. The summed E-state index contributed by atoms with van der Waals surface area (Å²) in [5, 5.41) is -0.415. The first kappa shape index (κ1) is 22.9. The van der Waals surface area contributed by atoms with E-state index in [0.717, 1.165) is 23.5 Å². The first-order valence-corrected chi connectivity index (χ1v) is 12.3. The van der Waals surface area contributed by atoms with Crippen LogP contribution < -0.4 is 4.90 Å². The lowest BCUT2D eigenvalue weighted by Gasteiger charge is -2.20. The Morgan fingerprint density at radius 2 is 1.85 bits per heavy atom. The molecule has 0 radical (unpaired) electrons. The van der Waals surface area contributed by atoms with Crippen LogP contribution in [0.2, 0.25) is 0 Å². The molecule has 0 N–H and O–H groups in total. The largest absolute Gasteiger partial charge is 0.279 e. The highest BCUT2D eigenvalue weighted by molar-refractivity contribution is 7.92. The molecule has 0 spiro atoms. The number of aromatic nitrogens is 2.